The van der Waals surface area contributed by atoms with Crippen molar-refractivity contribution >= 4 is 28.1 Å². The number of nitro groups is 1. The summed E-state index contributed by atoms with van der Waals surface area (Å²) < 4.78 is 26.2. The highest BCUT2D eigenvalue weighted by atomic mass is 35.5. The number of nitrogens with one attached hydrogen (secondary N) is 2. The molecule has 7 nitrogen and oxygen atoms in total. The third-order valence-corrected chi connectivity index (χ3v) is 3.99. The number of hydrogen-bond donors (Lipinski definition) is 2. The monoisotopic (exact) mass is 323 g/mol. The Morgan fingerprint density at radius 3 is 2.50 bits per heavy atom. The van der Waals surface area contributed by atoms with Crippen molar-refractivity contribution in [2.24, 2.45) is 0 Å². The second-order valence-electron chi connectivity index (χ2n) is 3.96. The fraction of sp³-hybridized carbons (Fsp3) is 0.455. The zero-order valence-electron chi connectivity index (χ0n) is 11.3. The zero-order chi connectivity index (χ0) is 14.5. The Balaban J connectivity index is 0.00000361. The summed E-state index contributed by atoms with van der Waals surface area (Å²) in [5.41, 5.74) is 0.228. The number of sulfonamides is 1. The van der Waals surface area contributed by atoms with E-state index in [-0.39, 0.29) is 29.5 Å². The second-order valence-corrected chi connectivity index (χ2v) is 5.72. The predicted octanol–water partition coefficient (Wildman–Crippen LogP) is 1.21. The van der Waals surface area contributed by atoms with Gasteiger partial charge in [0, 0.05) is 24.7 Å². The molecule has 0 saturated carbocycles. The summed E-state index contributed by atoms with van der Waals surface area (Å²) in [7, 11) is -3.71. The predicted molar refractivity (Wildman–Crippen MR) is 78.8 cm³/mol. The Labute approximate surface area is 124 Å². The molecule has 0 aliphatic rings. The van der Waals surface area contributed by atoms with Gasteiger partial charge in [-0.05, 0) is 19.5 Å². The molecule has 0 aliphatic heterocycles. The standard InChI is InChI=1S/C11H17N3O4S.ClH/c1-3-12-6-7-13-19(17,18)10-5-4-9(2)11(8-10)14(15)16;/h4-5,8,12-13H,3,6-7H2,1-2H3;1H. The molecule has 0 bridgehead atoms. The first-order valence-electron chi connectivity index (χ1n) is 5.84. The van der Waals surface area contributed by atoms with Gasteiger partial charge in [0.2, 0.25) is 10.0 Å². The summed E-state index contributed by atoms with van der Waals surface area (Å²) in [6.45, 7) is 4.96. The molecule has 20 heavy (non-hydrogen) atoms. The molecule has 0 radical (unpaired) electrons. The van der Waals surface area contributed by atoms with E-state index in [0.29, 0.717) is 12.1 Å². The minimum Gasteiger partial charge on any atom is -0.316 e. The SMILES string of the molecule is CCNCCNS(=O)(=O)c1ccc(C)c([N+](=O)[O-])c1.Cl. The van der Waals surface area contributed by atoms with Gasteiger partial charge in [-0.15, -0.1) is 12.4 Å². The van der Waals surface area contributed by atoms with E-state index in [2.05, 4.69) is 10.0 Å². The molecule has 1 aromatic carbocycles. The van der Waals surface area contributed by atoms with E-state index in [1.807, 2.05) is 6.92 Å². The number of nitrogens with zero attached hydrogens (tertiary/aromatic N) is 1. The quantitative estimate of drug-likeness (QED) is 0.446. The topological polar surface area (TPSA) is 101 Å². The third kappa shape index (κ3) is 5.04. The van der Waals surface area contributed by atoms with Crippen LogP contribution in [0.15, 0.2) is 23.1 Å². The lowest BCUT2D eigenvalue weighted by atomic mass is 10.2. The molecule has 0 unspecified atom stereocenters. The zero-order valence-corrected chi connectivity index (χ0v) is 12.9. The van der Waals surface area contributed by atoms with Gasteiger partial charge in [0.05, 0.1) is 9.82 Å². The molecule has 1 aromatic rings. The van der Waals surface area contributed by atoms with Crippen LogP contribution >= 0.6 is 12.4 Å². The lowest BCUT2D eigenvalue weighted by Gasteiger charge is -2.07. The van der Waals surface area contributed by atoms with Gasteiger partial charge in [-0.25, -0.2) is 13.1 Å². The van der Waals surface area contributed by atoms with E-state index in [0.717, 1.165) is 12.6 Å². The van der Waals surface area contributed by atoms with Gasteiger partial charge in [0.1, 0.15) is 0 Å². The number of halogens is 1. The highest BCUT2D eigenvalue weighted by molar-refractivity contribution is 7.89. The maximum Gasteiger partial charge on any atom is 0.273 e. The van der Waals surface area contributed by atoms with Crippen molar-refractivity contribution in [3.63, 3.8) is 0 Å². The third-order valence-electron chi connectivity index (χ3n) is 2.53. The fourth-order valence-electron chi connectivity index (χ4n) is 1.49. The Bertz CT molecular complexity index is 563. The van der Waals surface area contributed by atoms with Crippen molar-refractivity contribution < 1.29 is 13.3 Å². The van der Waals surface area contributed by atoms with E-state index < -0.39 is 14.9 Å². The van der Waals surface area contributed by atoms with Crippen molar-refractivity contribution in [2.45, 2.75) is 18.7 Å². The van der Waals surface area contributed by atoms with Crippen LogP contribution in [0.25, 0.3) is 0 Å². The maximum atomic E-state index is 11.9. The highest BCUT2D eigenvalue weighted by Crippen LogP contribution is 2.21. The van der Waals surface area contributed by atoms with Gasteiger partial charge in [-0.2, -0.15) is 0 Å². The molecule has 9 heteroatoms. The Morgan fingerprint density at radius 2 is 1.95 bits per heavy atom. The molecule has 0 atom stereocenters. The molecule has 0 fully saturated rings. The first-order chi connectivity index (χ1) is 8.88. The van der Waals surface area contributed by atoms with Crippen LogP contribution in [0, 0.1) is 17.0 Å². The van der Waals surface area contributed by atoms with Crippen molar-refractivity contribution in [3.05, 3.63) is 33.9 Å². The molecule has 0 heterocycles. The summed E-state index contributed by atoms with van der Waals surface area (Å²) in [6, 6.07) is 3.86. The van der Waals surface area contributed by atoms with Crippen molar-refractivity contribution in [3.8, 4) is 0 Å². The molecule has 2 N–H and O–H groups in total. The number of nitro benzene ring substituents is 1. The minimum atomic E-state index is -3.71. The molecule has 0 aliphatic carbocycles. The fourth-order valence-corrected chi connectivity index (χ4v) is 2.54. The van der Waals surface area contributed by atoms with Crippen molar-refractivity contribution in [1.29, 1.82) is 0 Å². The smallest absolute Gasteiger partial charge is 0.273 e. The van der Waals surface area contributed by atoms with Crippen LogP contribution in [0.1, 0.15) is 12.5 Å². The van der Waals surface area contributed by atoms with E-state index in [1.54, 1.807) is 6.92 Å². The highest BCUT2D eigenvalue weighted by Gasteiger charge is 2.19. The van der Waals surface area contributed by atoms with Gasteiger partial charge < -0.3 is 5.32 Å². The van der Waals surface area contributed by atoms with Crippen LogP contribution in [0.3, 0.4) is 0 Å². The maximum absolute atomic E-state index is 11.9. The van der Waals surface area contributed by atoms with Gasteiger partial charge >= 0.3 is 0 Å². The molecular formula is C11H18ClN3O4S. The van der Waals surface area contributed by atoms with Crippen molar-refractivity contribution in [2.75, 3.05) is 19.6 Å². The number of rotatable bonds is 7. The molecule has 114 valence electrons. The lowest BCUT2D eigenvalue weighted by molar-refractivity contribution is -0.385. The molecule has 0 spiro atoms. The van der Waals surface area contributed by atoms with Crippen LogP contribution < -0.4 is 10.0 Å². The largest absolute Gasteiger partial charge is 0.316 e. The van der Waals surface area contributed by atoms with Crippen LogP contribution in [0.4, 0.5) is 5.69 Å². The summed E-state index contributed by atoms with van der Waals surface area (Å²) in [4.78, 5) is 10.1. The van der Waals surface area contributed by atoms with E-state index in [9.17, 15) is 18.5 Å². The molecule has 0 aromatic heterocycles. The summed E-state index contributed by atoms with van der Waals surface area (Å²) in [5.74, 6) is 0. The number of aryl methyl sites for hydroxylation is 1. The summed E-state index contributed by atoms with van der Waals surface area (Å²) >= 11 is 0. The number of benzene rings is 1. The Hall–Kier alpha value is -1.22. The van der Waals surface area contributed by atoms with Gasteiger partial charge in [0.25, 0.3) is 5.69 Å². The second kappa shape index (κ2) is 8.15. The molecule has 0 saturated heterocycles. The van der Waals surface area contributed by atoms with E-state index in [1.165, 1.54) is 12.1 Å². The van der Waals surface area contributed by atoms with E-state index >= 15 is 0 Å². The number of likely N-dealkylation sites (N-methyl/N-ethyl adjacent to an activating group) is 1. The van der Waals surface area contributed by atoms with E-state index in [4.69, 9.17) is 0 Å². The van der Waals surface area contributed by atoms with Crippen LogP contribution in [0.2, 0.25) is 0 Å². The average Bonchev–Trinajstić information content (AvgIpc) is 2.34. The minimum absolute atomic E-state index is 0. The Kier molecular flexibility index (Phi) is 7.66. The average molecular weight is 324 g/mol. The van der Waals surface area contributed by atoms with Gasteiger partial charge in [-0.3, -0.25) is 10.1 Å². The van der Waals surface area contributed by atoms with Crippen LogP contribution in [0.5, 0.6) is 0 Å². The van der Waals surface area contributed by atoms with Gasteiger partial charge in [-0.1, -0.05) is 13.0 Å². The first-order valence-corrected chi connectivity index (χ1v) is 7.32. The molecular weight excluding hydrogens is 306 g/mol. The molecule has 1 rings (SSSR count). The van der Waals surface area contributed by atoms with Crippen LogP contribution in [-0.2, 0) is 10.0 Å². The first kappa shape index (κ1) is 18.8. The normalized spacial score (nSPS) is 10.9. The molecule has 0 amide bonds. The van der Waals surface area contributed by atoms with Crippen molar-refractivity contribution in [1.82, 2.24) is 10.0 Å². The van der Waals surface area contributed by atoms with Gasteiger partial charge in [0.15, 0.2) is 0 Å². The summed E-state index contributed by atoms with van der Waals surface area (Å²) in [5, 5.41) is 13.8. The Morgan fingerprint density at radius 1 is 1.30 bits per heavy atom. The number of hydrogen-bond acceptors (Lipinski definition) is 5. The van der Waals surface area contributed by atoms with Crippen LogP contribution in [-0.4, -0.2) is 33.0 Å². The lowest BCUT2D eigenvalue weighted by Crippen LogP contribution is -2.31. The summed E-state index contributed by atoms with van der Waals surface area (Å²) in [6.07, 6.45) is 0.